The molecule has 0 atom stereocenters. The number of hydrogen-bond acceptors (Lipinski definition) is 4. The number of para-hydroxylation sites is 2. The Bertz CT molecular complexity index is 987. The van der Waals surface area contributed by atoms with Gasteiger partial charge in [-0.05, 0) is 38.5 Å². The molecule has 0 aliphatic carbocycles. The monoisotopic (exact) mass is 320 g/mol. The fraction of sp³-hybridized carbons (Fsp3) is 0.333. The van der Waals surface area contributed by atoms with E-state index in [0.29, 0.717) is 11.6 Å². The second-order valence-corrected chi connectivity index (χ2v) is 5.60. The van der Waals surface area contributed by atoms with Crippen molar-refractivity contribution in [3.63, 3.8) is 0 Å². The minimum Gasteiger partial charge on any atom is -0.310 e. The van der Waals surface area contributed by atoms with Gasteiger partial charge in [-0.1, -0.05) is 19.1 Å². The average Bonchev–Trinajstić information content (AvgIpc) is 2.88. The fourth-order valence-corrected chi connectivity index (χ4v) is 2.91. The third-order valence-electron chi connectivity index (χ3n) is 3.87. The predicted octanol–water partition coefficient (Wildman–Crippen LogP) is 3.08. The number of aromatic nitrogens is 4. The molecule has 122 valence electrons. The highest BCUT2D eigenvalue weighted by molar-refractivity contribution is 5.75. The summed E-state index contributed by atoms with van der Waals surface area (Å²) < 4.78 is 4.35. The topological polar surface area (TPSA) is 71.8 Å². The average molecular weight is 320 g/mol. The van der Waals surface area contributed by atoms with E-state index in [2.05, 4.69) is 56.1 Å². The maximum Gasteiger partial charge on any atom is 0.254 e. The first-order valence-corrected chi connectivity index (χ1v) is 8.16. The molecule has 0 fully saturated rings. The normalized spacial score (nSPS) is 11.8. The molecule has 0 saturated carbocycles. The summed E-state index contributed by atoms with van der Waals surface area (Å²) in [5.41, 5.74) is 4.17. The maximum absolute atomic E-state index is 9.11. The summed E-state index contributed by atoms with van der Waals surface area (Å²) in [5.74, 6) is 0.328. The van der Waals surface area contributed by atoms with Crippen LogP contribution < -0.4 is 5.62 Å². The molecule has 0 unspecified atom stereocenters. The Labute approximate surface area is 140 Å². The van der Waals surface area contributed by atoms with Gasteiger partial charge in [-0.3, -0.25) is 0 Å². The Morgan fingerprint density at radius 3 is 2.46 bits per heavy atom. The van der Waals surface area contributed by atoms with E-state index in [1.165, 1.54) is 0 Å². The lowest BCUT2D eigenvalue weighted by molar-refractivity contribution is 0.614. The van der Waals surface area contributed by atoms with Crippen LogP contribution in [0.15, 0.2) is 35.3 Å². The van der Waals surface area contributed by atoms with Crippen molar-refractivity contribution in [2.75, 3.05) is 0 Å². The molecule has 0 spiro atoms. The Balaban J connectivity index is 2.34. The molecule has 3 rings (SSSR count). The number of aryl methyl sites for hydroxylation is 3. The van der Waals surface area contributed by atoms with Crippen molar-refractivity contribution in [1.82, 2.24) is 19.1 Å². The number of fused-ring (bicyclic) bond motifs is 1. The molecular weight excluding hydrogens is 300 g/mol. The number of benzene rings is 1. The Hall–Kier alpha value is -2.94. The second kappa shape index (κ2) is 6.67. The molecule has 2 aromatic heterocycles. The highest BCUT2D eigenvalue weighted by Gasteiger charge is 2.11. The van der Waals surface area contributed by atoms with E-state index in [1.54, 1.807) is 6.07 Å². The summed E-state index contributed by atoms with van der Waals surface area (Å²) in [6, 6.07) is 12.0. The molecule has 6 nitrogen and oxygen atoms in total. The van der Waals surface area contributed by atoms with Gasteiger partial charge in [-0.25, -0.2) is 9.97 Å². The van der Waals surface area contributed by atoms with Crippen LogP contribution in [-0.2, 0) is 13.1 Å². The van der Waals surface area contributed by atoms with Crippen LogP contribution in [0.3, 0.4) is 0 Å². The molecule has 0 radical (unpaired) electrons. The Morgan fingerprint density at radius 1 is 1.12 bits per heavy atom. The molecular formula is C18H20N6. The molecule has 0 bridgehead atoms. The maximum atomic E-state index is 9.11. The number of imidazole rings is 1. The second-order valence-electron chi connectivity index (χ2n) is 5.60. The summed E-state index contributed by atoms with van der Waals surface area (Å²) in [4.78, 5) is 13.3. The molecule has 0 aliphatic heterocycles. The number of hydrogen-bond donors (Lipinski definition) is 0. The van der Waals surface area contributed by atoms with E-state index in [1.807, 2.05) is 19.1 Å². The quantitative estimate of drug-likeness (QED) is 0.741. The highest BCUT2D eigenvalue weighted by Crippen LogP contribution is 2.14. The van der Waals surface area contributed by atoms with Crippen LogP contribution in [0.4, 0.5) is 5.95 Å². The molecule has 0 N–H and O–H groups in total. The van der Waals surface area contributed by atoms with E-state index in [4.69, 9.17) is 5.26 Å². The fourth-order valence-electron chi connectivity index (χ4n) is 2.91. The SMILES string of the molecule is CCCn1/c(=N\c2nc(C)cc(C#N)n2)n(CC)c2ccccc21. The molecule has 1 aromatic carbocycles. The van der Waals surface area contributed by atoms with Crippen LogP contribution in [0.2, 0.25) is 0 Å². The van der Waals surface area contributed by atoms with Gasteiger partial charge in [0.2, 0.25) is 5.62 Å². The largest absolute Gasteiger partial charge is 0.310 e. The zero-order valence-electron chi connectivity index (χ0n) is 14.2. The molecule has 24 heavy (non-hydrogen) atoms. The molecule has 6 heteroatoms. The number of nitrogens with zero attached hydrogens (tertiary/aromatic N) is 6. The lowest BCUT2D eigenvalue weighted by atomic mass is 10.3. The van der Waals surface area contributed by atoms with Gasteiger partial charge in [0, 0.05) is 18.8 Å². The van der Waals surface area contributed by atoms with E-state index >= 15 is 0 Å². The third-order valence-corrected chi connectivity index (χ3v) is 3.87. The van der Waals surface area contributed by atoms with Gasteiger partial charge in [0.25, 0.3) is 5.95 Å². The summed E-state index contributed by atoms with van der Waals surface area (Å²) in [6.07, 6.45) is 1.00. The van der Waals surface area contributed by atoms with Crippen molar-refractivity contribution in [2.45, 2.75) is 40.3 Å². The molecule has 2 heterocycles. The van der Waals surface area contributed by atoms with Crippen LogP contribution >= 0.6 is 0 Å². The van der Waals surface area contributed by atoms with Crippen molar-refractivity contribution in [3.8, 4) is 6.07 Å². The first-order valence-electron chi connectivity index (χ1n) is 8.16. The van der Waals surface area contributed by atoms with Crippen molar-refractivity contribution in [3.05, 3.63) is 47.3 Å². The van der Waals surface area contributed by atoms with E-state index in [9.17, 15) is 0 Å². The van der Waals surface area contributed by atoms with Gasteiger partial charge >= 0.3 is 0 Å². The molecule has 3 aromatic rings. The van der Waals surface area contributed by atoms with E-state index in [0.717, 1.165) is 41.9 Å². The van der Waals surface area contributed by atoms with Crippen LogP contribution in [-0.4, -0.2) is 19.1 Å². The van der Waals surface area contributed by atoms with Crippen molar-refractivity contribution < 1.29 is 0 Å². The van der Waals surface area contributed by atoms with Gasteiger partial charge in [-0.2, -0.15) is 10.3 Å². The lowest BCUT2D eigenvalue weighted by Crippen LogP contribution is -2.25. The zero-order valence-corrected chi connectivity index (χ0v) is 14.2. The van der Waals surface area contributed by atoms with Gasteiger partial charge in [0.15, 0.2) is 0 Å². The van der Waals surface area contributed by atoms with Crippen molar-refractivity contribution in [1.29, 1.82) is 5.26 Å². The smallest absolute Gasteiger partial charge is 0.254 e. The third kappa shape index (κ3) is 2.81. The van der Waals surface area contributed by atoms with Crippen LogP contribution in [0.5, 0.6) is 0 Å². The van der Waals surface area contributed by atoms with Gasteiger partial charge in [0.05, 0.1) is 11.0 Å². The lowest BCUT2D eigenvalue weighted by Gasteiger charge is -2.03. The zero-order chi connectivity index (χ0) is 17.1. The number of nitriles is 1. The standard InChI is InChI=1S/C18H20N6/c1-4-10-24-16-9-7-6-8-15(16)23(5-2)18(24)22-17-20-13(3)11-14(12-19)21-17/h6-9,11H,4-5,10H2,1-3H3/b22-18-. The Kier molecular flexibility index (Phi) is 4.43. The van der Waals surface area contributed by atoms with Crippen LogP contribution in [0.25, 0.3) is 11.0 Å². The molecule has 0 saturated heterocycles. The molecule has 0 amide bonds. The predicted molar refractivity (Wildman–Crippen MR) is 92.6 cm³/mol. The molecule has 0 aliphatic rings. The summed E-state index contributed by atoms with van der Waals surface area (Å²) in [6.45, 7) is 7.75. The highest BCUT2D eigenvalue weighted by atomic mass is 15.2. The van der Waals surface area contributed by atoms with Gasteiger partial charge in [-0.15, -0.1) is 0 Å². The summed E-state index contributed by atoms with van der Waals surface area (Å²) in [5, 5.41) is 9.11. The van der Waals surface area contributed by atoms with Crippen LogP contribution in [0.1, 0.15) is 31.7 Å². The first kappa shape index (κ1) is 15.9. The van der Waals surface area contributed by atoms with Crippen LogP contribution in [0, 0.1) is 18.3 Å². The van der Waals surface area contributed by atoms with E-state index in [-0.39, 0.29) is 0 Å². The van der Waals surface area contributed by atoms with Gasteiger partial charge in [0.1, 0.15) is 11.8 Å². The summed E-state index contributed by atoms with van der Waals surface area (Å²) >= 11 is 0. The van der Waals surface area contributed by atoms with Crippen molar-refractivity contribution in [2.24, 2.45) is 4.99 Å². The van der Waals surface area contributed by atoms with Gasteiger partial charge < -0.3 is 9.13 Å². The Morgan fingerprint density at radius 2 is 1.83 bits per heavy atom. The first-order chi connectivity index (χ1) is 11.7. The minimum atomic E-state index is 0.328. The summed E-state index contributed by atoms with van der Waals surface area (Å²) in [7, 11) is 0. The van der Waals surface area contributed by atoms with Crippen molar-refractivity contribution >= 4 is 17.0 Å². The number of rotatable bonds is 4. The minimum absolute atomic E-state index is 0.328. The van der Waals surface area contributed by atoms with E-state index < -0.39 is 0 Å².